The van der Waals surface area contributed by atoms with E-state index in [1.165, 1.54) is 35.5 Å². The summed E-state index contributed by atoms with van der Waals surface area (Å²) in [4.78, 5) is 6.49. The number of hydrogen-bond donors (Lipinski definition) is 1. The first-order chi connectivity index (χ1) is 11.2. The average Bonchev–Trinajstić information content (AvgIpc) is 3.14. The van der Waals surface area contributed by atoms with Crippen molar-refractivity contribution in [3.63, 3.8) is 0 Å². The SMILES string of the molecule is Cn1ccn(C[NH+]2CCCC[C@H]2c2nc3ccccc3s2)c1=S. The number of piperidine rings is 1. The molecule has 0 radical (unpaired) electrons. The van der Waals surface area contributed by atoms with Crippen LogP contribution in [0.25, 0.3) is 10.2 Å². The van der Waals surface area contributed by atoms with Gasteiger partial charge >= 0.3 is 0 Å². The van der Waals surface area contributed by atoms with E-state index in [4.69, 9.17) is 17.2 Å². The molecule has 0 saturated carbocycles. The third-order valence-electron chi connectivity index (χ3n) is 4.73. The molecule has 6 heteroatoms. The van der Waals surface area contributed by atoms with Crippen LogP contribution in [-0.2, 0) is 13.7 Å². The molecule has 3 heterocycles. The summed E-state index contributed by atoms with van der Waals surface area (Å²) in [6.45, 7) is 2.12. The largest absolute Gasteiger partial charge is 0.327 e. The standard InChI is InChI=1S/C17H20N4S2/c1-19-10-11-21(17(19)22)12-20-9-5-4-7-14(20)16-18-13-6-2-3-8-15(13)23-16/h2-3,6,8,10-11,14H,4-5,7,9,12H2,1H3/p+1/t14-/m0/s1. The Morgan fingerprint density at radius 3 is 2.96 bits per heavy atom. The maximum absolute atomic E-state index is 5.50. The minimum atomic E-state index is 0.489. The van der Waals surface area contributed by atoms with Crippen LogP contribution < -0.4 is 4.90 Å². The Hall–Kier alpha value is -1.50. The summed E-state index contributed by atoms with van der Waals surface area (Å²) in [6, 6.07) is 8.94. The summed E-state index contributed by atoms with van der Waals surface area (Å²) >= 11 is 7.36. The van der Waals surface area contributed by atoms with Gasteiger partial charge in [-0.1, -0.05) is 12.1 Å². The lowest BCUT2D eigenvalue weighted by atomic mass is 10.0. The maximum Gasteiger partial charge on any atom is 0.183 e. The fraction of sp³-hybridized carbons (Fsp3) is 0.412. The van der Waals surface area contributed by atoms with Crippen LogP contribution in [0.1, 0.15) is 30.3 Å². The predicted molar refractivity (Wildman–Crippen MR) is 96.3 cm³/mol. The molecule has 1 saturated heterocycles. The third-order valence-corrected chi connectivity index (χ3v) is 6.41. The van der Waals surface area contributed by atoms with Gasteiger partial charge in [0, 0.05) is 25.9 Å². The Morgan fingerprint density at radius 2 is 2.17 bits per heavy atom. The van der Waals surface area contributed by atoms with E-state index in [0.717, 1.165) is 17.0 Å². The number of rotatable bonds is 3. The molecule has 1 unspecified atom stereocenters. The van der Waals surface area contributed by atoms with Crippen molar-refractivity contribution in [2.45, 2.75) is 32.0 Å². The van der Waals surface area contributed by atoms with Crippen molar-refractivity contribution in [3.8, 4) is 0 Å². The molecular formula is C17H21N4S2+. The van der Waals surface area contributed by atoms with Gasteiger partial charge in [0.1, 0.15) is 6.04 Å². The molecule has 4 nitrogen and oxygen atoms in total. The number of thiazole rings is 1. The Morgan fingerprint density at radius 1 is 1.30 bits per heavy atom. The second kappa shape index (κ2) is 6.19. The number of fused-ring (bicyclic) bond motifs is 1. The Kier molecular flexibility index (Phi) is 4.05. The Balaban J connectivity index is 1.64. The van der Waals surface area contributed by atoms with Crippen molar-refractivity contribution in [2.24, 2.45) is 7.05 Å². The molecule has 1 aliphatic rings. The maximum atomic E-state index is 5.50. The molecule has 1 aliphatic heterocycles. The first kappa shape index (κ1) is 15.1. The van der Waals surface area contributed by atoms with Crippen molar-refractivity contribution in [1.82, 2.24) is 14.1 Å². The zero-order valence-electron chi connectivity index (χ0n) is 13.2. The number of aromatic nitrogens is 3. The summed E-state index contributed by atoms with van der Waals surface area (Å²) in [7, 11) is 2.01. The Labute approximate surface area is 145 Å². The van der Waals surface area contributed by atoms with Gasteiger partial charge in [0.15, 0.2) is 16.4 Å². The van der Waals surface area contributed by atoms with Crippen LogP contribution in [0.5, 0.6) is 0 Å². The van der Waals surface area contributed by atoms with E-state index in [-0.39, 0.29) is 0 Å². The molecule has 0 amide bonds. The number of hydrogen-bond acceptors (Lipinski definition) is 3. The van der Waals surface area contributed by atoms with Crippen LogP contribution in [-0.4, -0.2) is 20.7 Å². The highest BCUT2D eigenvalue weighted by molar-refractivity contribution is 7.71. The second-order valence-electron chi connectivity index (χ2n) is 6.30. The van der Waals surface area contributed by atoms with E-state index in [0.29, 0.717) is 6.04 Å². The molecule has 2 aromatic heterocycles. The molecule has 2 atom stereocenters. The van der Waals surface area contributed by atoms with Crippen LogP contribution in [0, 0.1) is 4.77 Å². The number of quaternary nitrogens is 1. The molecule has 0 aliphatic carbocycles. The van der Waals surface area contributed by atoms with Crippen molar-refractivity contribution >= 4 is 33.8 Å². The number of imidazole rings is 1. The number of aryl methyl sites for hydroxylation is 1. The lowest BCUT2D eigenvalue weighted by Crippen LogP contribution is -3.12. The van der Waals surface area contributed by atoms with Gasteiger partial charge in [-0.15, -0.1) is 11.3 Å². The van der Waals surface area contributed by atoms with Crippen molar-refractivity contribution in [2.75, 3.05) is 6.54 Å². The van der Waals surface area contributed by atoms with Gasteiger partial charge < -0.3 is 9.47 Å². The quantitative estimate of drug-likeness (QED) is 0.739. The first-order valence-corrected chi connectivity index (χ1v) is 9.36. The lowest BCUT2D eigenvalue weighted by Gasteiger charge is -2.31. The topological polar surface area (TPSA) is 27.2 Å². The molecule has 120 valence electrons. The number of para-hydroxylation sites is 1. The van der Waals surface area contributed by atoms with E-state index in [1.807, 2.05) is 29.1 Å². The van der Waals surface area contributed by atoms with E-state index >= 15 is 0 Å². The van der Waals surface area contributed by atoms with Gasteiger partial charge in [0.05, 0.1) is 16.8 Å². The predicted octanol–water partition coefficient (Wildman–Crippen LogP) is 2.93. The minimum absolute atomic E-state index is 0.489. The molecule has 1 aromatic carbocycles. The van der Waals surface area contributed by atoms with Crippen LogP contribution in [0.15, 0.2) is 36.7 Å². The van der Waals surface area contributed by atoms with Gasteiger partial charge in [0.2, 0.25) is 0 Å². The zero-order valence-corrected chi connectivity index (χ0v) is 14.9. The molecule has 1 N–H and O–H groups in total. The molecular weight excluding hydrogens is 324 g/mol. The number of nitrogens with zero attached hydrogens (tertiary/aromatic N) is 3. The first-order valence-electron chi connectivity index (χ1n) is 8.14. The molecule has 4 rings (SSSR count). The van der Waals surface area contributed by atoms with Crippen molar-refractivity contribution in [1.29, 1.82) is 0 Å². The fourth-order valence-corrected chi connectivity index (χ4v) is 4.80. The van der Waals surface area contributed by atoms with Crippen molar-refractivity contribution < 1.29 is 4.90 Å². The van der Waals surface area contributed by atoms with Gasteiger partial charge in [-0.3, -0.25) is 4.57 Å². The highest BCUT2D eigenvalue weighted by atomic mass is 32.1. The summed E-state index contributed by atoms with van der Waals surface area (Å²) < 4.78 is 6.39. The smallest absolute Gasteiger partial charge is 0.183 e. The fourth-order valence-electron chi connectivity index (χ4n) is 3.46. The normalized spacial score (nSPS) is 21.8. The third kappa shape index (κ3) is 2.86. The molecule has 23 heavy (non-hydrogen) atoms. The average molecular weight is 346 g/mol. The van der Waals surface area contributed by atoms with E-state index in [2.05, 4.69) is 35.0 Å². The molecule has 0 spiro atoms. The Bertz CT molecular complexity index is 843. The van der Waals surface area contributed by atoms with Crippen LogP contribution in [0.2, 0.25) is 0 Å². The van der Waals surface area contributed by atoms with Gasteiger partial charge in [-0.05, 0) is 37.2 Å². The van der Waals surface area contributed by atoms with E-state index in [9.17, 15) is 0 Å². The van der Waals surface area contributed by atoms with Crippen molar-refractivity contribution in [3.05, 3.63) is 46.4 Å². The van der Waals surface area contributed by atoms with Crippen LogP contribution in [0.4, 0.5) is 0 Å². The highest BCUT2D eigenvalue weighted by Crippen LogP contribution is 2.28. The monoisotopic (exact) mass is 345 g/mol. The van der Waals surface area contributed by atoms with Gasteiger partial charge in [0.25, 0.3) is 0 Å². The minimum Gasteiger partial charge on any atom is -0.327 e. The van der Waals surface area contributed by atoms with E-state index in [1.54, 1.807) is 4.90 Å². The molecule has 0 bridgehead atoms. The number of benzene rings is 1. The summed E-state index contributed by atoms with van der Waals surface area (Å²) in [6.07, 6.45) is 7.94. The molecule has 3 aromatic rings. The molecule has 1 fully saturated rings. The lowest BCUT2D eigenvalue weighted by molar-refractivity contribution is -0.958. The zero-order chi connectivity index (χ0) is 15.8. The number of likely N-dealkylation sites (tertiary alicyclic amines) is 1. The van der Waals surface area contributed by atoms with Gasteiger partial charge in [-0.2, -0.15) is 0 Å². The summed E-state index contributed by atoms with van der Waals surface area (Å²) in [5.74, 6) is 0. The summed E-state index contributed by atoms with van der Waals surface area (Å²) in [5, 5.41) is 1.28. The highest BCUT2D eigenvalue weighted by Gasteiger charge is 2.30. The number of nitrogens with one attached hydrogen (secondary N) is 1. The summed E-state index contributed by atoms with van der Waals surface area (Å²) in [5.41, 5.74) is 1.13. The van der Waals surface area contributed by atoms with E-state index < -0.39 is 0 Å². The second-order valence-corrected chi connectivity index (χ2v) is 7.72. The van der Waals surface area contributed by atoms with Crippen LogP contribution in [0.3, 0.4) is 0 Å². The van der Waals surface area contributed by atoms with Gasteiger partial charge in [-0.25, -0.2) is 4.98 Å². The van der Waals surface area contributed by atoms with Crippen LogP contribution >= 0.6 is 23.6 Å².